The number of amides is 4. The summed E-state index contributed by atoms with van der Waals surface area (Å²) in [4.78, 5) is 68.6. The zero-order valence-electron chi connectivity index (χ0n) is 36.4. The second-order valence-electron chi connectivity index (χ2n) is 17.3. The highest BCUT2D eigenvalue weighted by Gasteiger charge is 2.43. The van der Waals surface area contributed by atoms with E-state index in [1.165, 1.54) is 14.2 Å². The van der Waals surface area contributed by atoms with Crippen LogP contribution in [0.15, 0.2) is 70.8 Å². The molecule has 3 aliphatic rings. The molecular formula is C47H55Cl2N7O6. The van der Waals surface area contributed by atoms with E-state index < -0.39 is 24.3 Å². The maximum Gasteiger partial charge on any atom is 0.407 e. The van der Waals surface area contributed by atoms with Crippen molar-refractivity contribution in [2.45, 2.75) is 110 Å². The number of imidazole rings is 1. The molecule has 0 spiro atoms. The van der Waals surface area contributed by atoms with Crippen LogP contribution in [0.4, 0.5) is 9.59 Å². The first kappa shape index (κ1) is 44.6. The van der Waals surface area contributed by atoms with Gasteiger partial charge in [-0.25, -0.2) is 19.6 Å². The average Bonchev–Trinajstić information content (AvgIpc) is 4.05. The molecule has 7 rings (SSSR count). The lowest BCUT2D eigenvalue weighted by Crippen LogP contribution is -2.55. The molecule has 1 aromatic heterocycles. The van der Waals surface area contributed by atoms with Gasteiger partial charge in [-0.1, -0.05) is 99.4 Å². The number of benzene rings is 3. The fourth-order valence-corrected chi connectivity index (χ4v) is 9.61. The van der Waals surface area contributed by atoms with Gasteiger partial charge in [0.1, 0.15) is 33.9 Å². The van der Waals surface area contributed by atoms with Crippen LogP contribution in [0.3, 0.4) is 0 Å². The molecule has 4 amide bonds. The van der Waals surface area contributed by atoms with Gasteiger partial charge in [-0.3, -0.25) is 9.59 Å². The molecule has 15 heteroatoms. The van der Waals surface area contributed by atoms with Crippen LogP contribution in [0.5, 0.6) is 0 Å². The van der Waals surface area contributed by atoms with E-state index in [0.29, 0.717) is 34.7 Å². The number of aromatic nitrogens is 2. The van der Waals surface area contributed by atoms with Gasteiger partial charge in [-0.15, -0.1) is 0 Å². The van der Waals surface area contributed by atoms with Gasteiger partial charge >= 0.3 is 12.2 Å². The largest absolute Gasteiger partial charge is 0.453 e. The van der Waals surface area contributed by atoms with Gasteiger partial charge in [-0.2, -0.15) is 0 Å². The molecule has 13 nitrogen and oxygen atoms in total. The first-order valence-electron chi connectivity index (χ1n) is 21.3. The van der Waals surface area contributed by atoms with Crippen molar-refractivity contribution >= 4 is 69.3 Å². The van der Waals surface area contributed by atoms with E-state index in [1.807, 2.05) is 70.7 Å². The first-order chi connectivity index (χ1) is 29.6. The number of nitrogens with zero attached hydrogens (tertiary/aromatic N) is 4. The number of rotatable bonds is 11. The van der Waals surface area contributed by atoms with Crippen molar-refractivity contribution in [3.8, 4) is 22.4 Å². The topological polar surface area (TPSA) is 158 Å². The Morgan fingerprint density at radius 1 is 0.694 bits per heavy atom. The number of fused-ring (bicyclic) bond motifs is 1. The molecule has 4 aromatic rings. The Balaban J connectivity index is 1.04. The minimum Gasteiger partial charge on any atom is -0.453 e. The number of carbonyl (C=O) groups excluding carboxylic acids is 4. The predicted molar refractivity (Wildman–Crippen MR) is 243 cm³/mol. The zero-order chi connectivity index (χ0) is 44.6. The Morgan fingerprint density at radius 3 is 1.73 bits per heavy atom. The monoisotopic (exact) mass is 883 g/mol. The third kappa shape index (κ3) is 8.92. The van der Waals surface area contributed by atoms with Gasteiger partial charge in [0.15, 0.2) is 0 Å². The molecule has 0 bridgehead atoms. The molecule has 3 N–H and O–H groups in total. The molecule has 0 radical (unpaired) electrons. The highest BCUT2D eigenvalue weighted by Crippen LogP contribution is 2.40. The van der Waals surface area contributed by atoms with Crippen LogP contribution in [0, 0.1) is 11.8 Å². The third-order valence-corrected chi connectivity index (χ3v) is 13.1. The Bertz CT molecular complexity index is 2430. The van der Waals surface area contributed by atoms with Gasteiger partial charge in [0.25, 0.3) is 0 Å². The number of aromatic amines is 1. The molecule has 328 valence electrons. The first-order valence-corrected chi connectivity index (χ1v) is 22.0. The number of hydrogen-bond donors (Lipinski definition) is 3. The molecule has 0 aliphatic carbocycles. The number of nitrogens with one attached hydrogen (secondary N) is 3. The van der Waals surface area contributed by atoms with E-state index in [0.717, 1.165) is 63.6 Å². The summed E-state index contributed by atoms with van der Waals surface area (Å²) in [5.41, 5.74) is 6.25. The van der Waals surface area contributed by atoms with Crippen molar-refractivity contribution in [3.63, 3.8) is 0 Å². The minimum absolute atomic E-state index is 0.0146. The lowest BCUT2D eigenvalue weighted by Gasteiger charge is -2.33. The highest BCUT2D eigenvalue weighted by atomic mass is 35.5. The Morgan fingerprint density at radius 2 is 1.18 bits per heavy atom. The summed E-state index contributed by atoms with van der Waals surface area (Å²) in [5.74, 6) is -0.00590. The molecule has 3 aromatic carbocycles. The van der Waals surface area contributed by atoms with Crippen LogP contribution in [0.2, 0.25) is 5.15 Å². The fourth-order valence-electron chi connectivity index (χ4n) is 9.08. The summed E-state index contributed by atoms with van der Waals surface area (Å²) in [5, 5.41) is 8.37. The Labute approximate surface area is 372 Å². The van der Waals surface area contributed by atoms with Crippen molar-refractivity contribution in [2.75, 3.05) is 14.2 Å². The van der Waals surface area contributed by atoms with Gasteiger partial charge in [-0.05, 0) is 91.0 Å². The van der Waals surface area contributed by atoms with E-state index in [-0.39, 0.29) is 47.8 Å². The SMILES string of the molecule is COC(=O)N[C@H](C(=O)N1C(C2=NC(Cl)=C(c3ccc4cc(-c5ccc(-c6nc([C@@H]7CC[C@H](C)N7C(=O)[C@@H](NC(=O)OC)C(C)C)[nH]c6Cl)cc5)ccc4c3)C2)CC[C@@H]1C)C(C)C. The van der Waals surface area contributed by atoms with Crippen LogP contribution in [-0.4, -0.2) is 93.9 Å². The molecule has 1 unspecified atom stereocenters. The van der Waals surface area contributed by atoms with E-state index in [1.54, 1.807) is 4.90 Å². The van der Waals surface area contributed by atoms with Gasteiger partial charge < -0.3 is 34.9 Å². The summed E-state index contributed by atoms with van der Waals surface area (Å²) in [6.45, 7) is 11.6. The maximum atomic E-state index is 13.9. The highest BCUT2D eigenvalue weighted by molar-refractivity contribution is 6.35. The molecule has 3 aliphatic heterocycles. The Hall–Kier alpha value is -5.40. The number of allylic oxidation sites excluding steroid dienone is 1. The minimum atomic E-state index is -0.744. The van der Waals surface area contributed by atoms with Gasteiger partial charge in [0.05, 0.1) is 26.3 Å². The number of likely N-dealkylation sites (tertiary alicyclic amines) is 2. The fraction of sp³-hybridized carbons (Fsp3) is 0.447. The van der Waals surface area contributed by atoms with Crippen molar-refractivity contribution in [2.24, 2.45) is 16.8 Å². The van der Waals surface area contributed by atoms with Crippen molar-refractivity contribution < 1.29 is 28.7 Å². The number of ether oxygens (including phenoxy) is 2. The number of carbonyl (C=O) groups is 4. The number of aliphatic imine (C=N–C) groups is 1. The molecule has 2 saturated heterocycles. The van der Waals surface area contributed by atoms with Gasteiger partial charge in [0, 0.05) is 35.4 Å². The van der Waals surface area contributed by atoms with Crippen molar-refractivity contribution in [1.82, 2.24) is 30.4 Å². The van der Waals surface area contributed by atoms with Crippen LogP contribution < -0.4 is 10.6 Å². The molecule has 62 heavy (non-hydrogen) atoms. The average molecular weight is 885 g/mol. The van der Waals surface area contributed by atoms with Crippen LogP contribution >= 0.6 is 23.2 Å². The lowest BCUT2D eigenvalue weighted by molar-refractivity contribution is -0.137. The molecular weight excluding hydrogens is 829 g/mol. The number of alkyl carbamates (subject to hydrolysis) is 2. The summed E-state index contributed by atoms with van der Waals surface area (Å²) in [6, 6.07) is 18.6. The van der Waals surface area contributed by atoms with E-state index in [2.05, 4.69) is 52.0 Å². The van der Waals surface area contributed by atoms with E-state index >= 15 is 0 Å². The third-order valence-electron chi connectivity index (χ3n) is 12.5. The summed E-state index contributed by atoms with van der Waals surface area (Å²) >= 11 is 13.6. The summed E-state index contributed by atoms with van der Waals surface area (Å²) in [7, 11) is 2.57. The Kier molecular flexibility index (Phi) is 13.3. The normalized spacial score (nSPS) is 21.1. The lowest BCUT2D eigenvalue weighted by atomic mass is 9.94. The molecule has 6 atom stereocenters. The smallest absolute Gasteiger partial charge is 0.407 e. The second kappa shape index (κ2) is 18.5. The quantitative estimate of drug-likeness (QED) is 0.127. The molecule has 0 saturated carbocycles. The summed E-state index contributed by atoms with van der Waals surface area (Å²) in [6.07, 6.45) is 2.33. The van der Waals surface area contributed by atoms with E-state index in [9.17, 15) is 19.2 Å². The number of halogens is 2. The molecule has 4 heterocycles. The van der Waals surface area contributed by atoms with Crippen LogP contribution in [0.1, 0.15) is 91.1 Å². The van der Waals surface area contributed by atoms with Crippen molar-refractivity contribution in [3.05, 3.63) is 82.4 Å². The zero-order valence-corrected chi connectivity index (χ0v) is 37.9. The predicted octanol–water partition coefficient (Wildman–Crippen LogP) is 9.50. The number of methoxy groups -OCH3 is 2. The number of hydrogen-bond acceptors (Lipinski definition) is 8. The second-order valence-corrected chi connectivity index (χ2v) is 18.0. The standard InChI is InChI=1S/C47H55Cl2N7O6/c1-24(2)38(52-46(59)61-7)44(57)55-26(5)9-19-36(55)35-23-34(41(48)50-35)33-18-17-31-21-30(15-16-32(31)22-33)28-11-13-29(14-12-28)40-42(49)54-43(51-40)37-20-10-27(6)56(37)45(58)39(25(3)4)53-47(60)62-8/h11-18,21-22,24-27,36-39H,9-10,19-20,23H2,1-8H3,(H,51,54)(H,52,59)(H,53,60)/t26-,27-,36?,37-,38-,39-/m0/s1. The van der Waals surface area contributed by atoms with Crippen LogP contribution in [0.25, 0.3) is 38.7 Å². The number of H-pyrrole nitrogens is 1. The van der Waals surface area contributed by atoms with Gasteiger partial charge in [0.2, 0.25) is 11.8 Å². The van der Waals surface area contributed by atoms with E-state index in [4.69, 9.17) is 42.7 Å². The summed E-state index contributed by atoms with van der Waals surface area (Å²) < 4.78 is 9.60. The maximum absolute atomic E-state index is 13.9. The molecule has 2 fully saturated rings. The van der Waals surface area contributed by atoms with Crippen LogP contribution in [-0.2, 0) is 19.1 Å². The van der Waals surface area contributed by atoms with Crippen molar-refractivity contribution in [1.29, 1.82) is 0 Å².